The van der Waals surface area contributed by atoms with Gasteiger partial charge in [0, 0.05) is 33.7 Å². The number of thiocarbonyl (C=S) groups is 1. The van der Waals surface area contributed by atoms with Crippen molar-refractivity contribution < 1.29 is 14.3 Å². The van der Waals surface area contributed by atoms with E-state index in [-0.39, 0.29) is 24.6 Å². The molecule has 2 unspecified atom stereocenters. The minimum atomic E-state index is -0.268. The van der Waals surface area contributed by atoms with Crippen LogP contribution >= 0.6 is 39.5 Å². The predicted octanol–water partition coefficient (Wildman–Crippen LogP) is 4.68. The summed E-state index contributed by atoms with van der Waals surface area (Å²) < 4.78 is 11.4. The van der Waals surface area contributed by atoms with E-state index in [1.165, 1.54) is 7.11 Å². The lowest BCUT2D eigenvalue weighted by atomic mass is 10.0. The van der Waals surface area contributed by atoms with Crippen molar-refractivity contribution in [1.29, 1.82) is 0 Å². The molecule has 2 atom stereocenters. The molecule has 2 N–H and O–H groups in total. The molecule has 1 aromatic carbocycles. The maximum Gasteiger partial charge on any atom is 0.250 e. The minimum Gasteiger partial charge on any atom is -0.495 e. The fraction of sp³-hybridized carbons (Fsp3) is 0.227. The van der Waals surface area contributed by atoms with Crippen molar-refractivity contribution in [2.75, 3.05) is 31.0 Å². The second kappa shape index (κ2) is 9.95. The number of pyridine rings is 1. The van der Waals surface area contributed by atoms with E-state index in [1.54, 1.807) is 24.6 Å². The number of thiophene rings is 1. The molecule has 4 rings (SSSR count). The molecule has 166 valence electrons. The Morgan fingerprint density at radius 3 is 2.81 bits per heavy atom. The first-order valence-corrected chi connectivity index (χ1v) is 11.8. The van der Waals surface area contributed by atoms with Crippen molar-refractivity contribution in [3.05, 3.63) is 69.1 Å². The van der Waals surface area contributed by atoms with E-state index in [9.17, 15) is 4.79 Å². The van der Waals surface area contributed by atoms with Gasteiger partial charge in [-0.05, 0) is 64.5 Å². The van der Waals surface area contributed by atoms with Gasteiger partial charge in [0.25, 0.3) is 0 Å². The van der Waals surface area contributed by atoms with Gasteiger partial charge >= 0.3 is 0 Å². The maximum atomic E-state index is 12.1. The first kappa shape index (κ1) is 22.7. The standard InChI is InChI=1S/C22H21BrN4O3S2/c1-29-11-19(28)25-16-10-14(6-7-17(16)30-2)27-21(18-9-13(23)12-32-18)20(26-22(27)31)15-5-3-4-8-24-15/h3-10,12,20-21H,11H2,1-2H3,(H,25,28)(H,26,31). The van der Waals surface area contributed by atoms with Gasteiger partial charge in [0.1, 0.15) is 12.4 Å². The second-order valence-corrected chi connectivity index (χ2v) is 9.27. The van der Waals surface area contributed by atoms with Crippen molar-refractivity contribution >= 4 is 61.9 Å². The summed E-state index contributed by atoms with van der Waals surface area (Å²) in [7, 11) is 3.04. The Bertz CT molecular complexity index is 1130. The van der Waals surface area contributed by atoms with Crippen LogP contribution in [0.5, 0.6) is 5.75 Å². The Morgan fingerprint density at radius 1 is 1.31 bits per heavy atom. The van der Waals surface area contributed by atoms with Gasteiger partial charge in [-0.15, -0.1) is 11.3 Å². The van der Waals surface area contributed by atoms with E-state index in [4.69, 9.17) is 21.7 Å². The highest BCUT2D eigenvalue weighted by molar-refractivity contribution is 9.10. The second-order valence-electron chi connectivity index (χ2n) is 7.03. The number of carbonyl (C=O) groups excluding carboxylic acids is 1. The number of nitrogens with one attached hydrogen (secondary N) is 2. The van der Waals surface area contributed by atoms with Crippen molar-refractivity contribution in [2.24, 2.45) is 0 Å². The molecule has 32 heavy (non-hydrogen) atoms. The number of hydrogen-bond acceptors (Lipinski definition) is 6. The van der Waals surface area contributed by atoms with Crippen LogP contribution in [0.25, 0.3) is 0 Å². The number of ether oxygens (including phenoxy) is 2. The van der Waals surface area contributed by atoms with Gasteiger partial charge in [0.2, 0.25) is 5.91 Å². The number of rotatable bonds is 7. The predicted molar refractivity (Wildman–Crippen MR) is 133 cm³/mol. The molecule has 3 heterocycles. The van der Waals surface area contributed by atoms with Crippen LogP contribution in [-0.2, 0) is 9.53 Å². The number of anilines is 2. The lowest BCUT2D eigenvalue weighted by molar-refractivity contribution is -0.119. The highest BCUT2D eigenvalue weighted by Gasteiger charge is 2.41. The third-order valence-corrected chi connectivity index (χ3v) is 7.07. The highest BCUT2D eigenvalue weighted by atomic mass is 79.9. The molecule has 1 fully saturated rings. The third-order valence-electron chi connectivity index (χ3n) is 4.99. The van der Waals surface area contributed by atoms with E-state index in [2.05, 4.69) is 47.9 Å². The average molecular weight is 533 g/mol. The zero-order valence-corrected chi connectivity index (χ0v) is 20.6. The number of methoxy groups -OCH3 is 2. The van der Waals surface area contributed by atoms with Crippen LogP contribution in [-0.4, -0.2) is 36.8 Å². The molecule has 0 saturated carbocycles. The molecule has 2 aromatic heterocycles. The van der Waals surface area contributed by atoms with E-state index in [0.717, 1.165) is 20.7 Å². The lowest BCUT2D eigenvalue weighted by Crippen LogP contribution is -2.29. The molecular formula is C22H21BrN4O3S2. The zero-order chi connectivity index (χ0) is 22.7. The number of halogens is 1. The van der Waals surface area contributed by atoms with E-state index in [0.29, 0.717) is 16.5 Å². The number of carbonyl (C=O) groups is 1. The average Bonchev–Trinajstić information content (AvgIpc) is 3.37. The van der Waals surface area contributed by atoms with E-state index < -0.39 is 0 Å². The smallest absolute Gasteiger partial charge is 0.250 e. The summed E-state index contributed by atoms with van der Waals surface area (Å²) in [5, 5.41) is 8.91. The molecule has 1 amide bonds. The summed E-state index contributed by atoms with van der Waals surface area (Å²) in [5.74, 6) is 0.281. The largest absolute Gasteiger partial charge is 0.495 e. The Morgan fingerprint density at radius 2 is 2.16 bits per heavy atom. The van der Waals surface area contributed by atoms with E-state index >= 15 is 0 Å². The molecule has 0 radical (unpaired) electrons. The molecule has 0 spiro atoms. The molecule has 0 aliphatic carbocycles. The van der Waals surface area contributed by atoms with Crippen LogP contribution < -0.4 is 20.3 Å². The van der Waals surface area contributed by atoms with Crippen molar-refractivity contribution in [1.82, 2.24) is 10.3 Å². The lowest BCUT2D eigenvalue weighted by Gasteiger charge is -2.27. The van der Waals surface area contributed by atoms with Crippen molar-refractivity contribution in [2.45, 2.75) is 12.1 Å². The van der Waals surface area contributed by atoms with Gasteiger partial charge in [0.15, 0.2) is 5.11 Å². The molecular weight excluding hydrogens is 512 g/mol. The SMILES string of the molecule is COCC(=O)Nc1cc(N2C(=S)NC(c3ccccn3)C2c2cc(Br)cs2)ccc1OC. The van der Waals surface area contributed by atoms with Crippen molar-refractivity contribution in [3.8, 4) is 5.75 Å². The van der Waals surface area contributed by atoms with Crippen LogP contribution in [0.2, 0.25) is 0 Å². The summed E-state index contributed by atoms with van der Waals surface area (Å²) in [4.78, 5) is 19.9. The number of amides is 1. The van der Waals surface area contributed by atoms with Gasteiger partial charge in [-0.1, -0.05) is 6.07 Å². The molecule has 0 bridgehead atoms. The Labute approximate surface area is 203 Å². The summed E-state index contributed by atoms with van der Waals surface area (Å²) in [6, 6.07) is 13.3. The molecule has 1 aliphatic heterocycles. The van der Waals surface area contributed by atoms with Crippen LogP contribution in [0.15, 0.2) is 58.5 Å². The number of hydrogen-bond donors (Lipinski definition) is 2. The fourth-order valence-corrected chi connectivity index (χ4v) is 5.58. The maximum absolute atomic E-state index is 12.1. The number of benzene rings is 1. The monoisotopic (exact) mass is 532 g/mol. The van der Waals surface area contributed by atoms with Gasteiger partial charge in [-0.3, -0.25) is 9.78 Å². The van der Waals surface area contributed by atoms with Gasteiger partial charge in [0.05, 0.1) is 30.6 Å². The molecule has 3 aromatic rings. The number of nitrogens with zero attached hydrogens (tertiary/aromatic N) is 2. The summed E-state index contributed by atoms with van der Waals surface area (Å²) in [6.07, 6.45) is 1.78. The van der Waals surface area contributed by atoms with Crippen LogP contribution in [0, 0.1) is 0 Å². The summed E-state index contributed by atoms with van der Waals surface area (Å²) in [5.41, 5.74) is 2.26. The Hall–Kier alpha value is -2.53. The molecule has 1 aliphatic rings. The van der Waals surface area contributed by atoms with Gasteiger partial charge in [-0.25, -0.2) is 0 Å². The zero-order valence-electron chi connectivity index (χ0n) is 17.4. The van der Waals surface area contributed by atoms with Crippen LogP contribution in [0.1, 0.15) is 22.7 Å². The van der Waals surface area contributed by atoms with E-state index in [1.807, 2.05) is 36.4 Å². The normalized spacial score (nSPS) is 17.8. The van der Waals surface area contributed by atoms with Crippen molar-refractivity contribution in [3.63, 3.8) is 0 Å². The minimum absolute atomic E-state index is 0.0509. The molecule has 10 heteroatoms. The van der Waals surface area contributed by atoms with Crippen LogP contribution in [0.4, 0.5) is 11.4 Å². The Kier molecular flexibility index (Phi) is 7.04. The first-order chi connectivity index (χ1) is 15.5. The quantitative estimate of drug-likeness (QED) is 0.428. The fourth-order valence-electron chi connectivity index (χ4n) is 3.67. The first-order valence-electron chi connectivity index (χ1n) is 9.73. The summed E-state index contributed by atoms with van der Waals surface area (Å²) >= 11 is 11.0. The third kappa shape index (κ3) is 4.63. The highest BCUT2D eigenvalue weighted by Crippen LogP contribution is 2.45. The number of aromatic nitrogens is 1. The molecule has 1 saturated heterocycles. The summed E-state index contributed by atoms with van der Waals surface area (Å²) in [6.45, 7) is -0.0509. The topological polar surface area (TPSA) is 75.7 Å². The van der Waals surface area contributed by atoms with Gasteiger partial charge in [-0.2, -0.15) is 0 Å². The molecule has 7 nitrogen and oxygen atoms in total. The van der Waals surface area contributed by atoms with Gasteiger partial charge < -0.3 is 25.0 Å². The van der Waals surface area contributed by atoms with Crippen LogP contribution in [0.3, 0.4) is 0 Å². The Balaban J connectivity index is 1.77.